The molecule has 0 radical (unpaired) electrons. The average molecular weight is 372 g/mol. The Morgan fingerprint density at radius 1 is 1.18 bits per heavy atom. The molecule has 0 spiro atoms. The normalized spacial score (nSPS) is 17.7. The predicted octanol–water partition coefficient (Wildman–Crippen LogP) is 4.47. The lowest BCUT2D eigenvalue weighted by Gasteiger charge is -2.28. The van der Waals surface area contributed by atoms with Crippen molar-refractivity contribution in [1.29, 1.82) is 0 Å². The van der Waals surface area contributed by atoms with E-state index in [4.69, 9.17) is 4.74 Å². The smallest absolute Gasteiger partial charge is 0.227 e. The van der Waals surface area contributed by atoms with E-state index >= 15 is 0 Å². The van der Waals surface area contributed by atoms with Crippen LogP contribution < -0.4 is 15.0 Å². The minimum atomic E-state index is -0.107. The van der Waals surface area contributed by atoms with Gasteiger partial charge in [-0.2, -0.15) is 0 Å². The van der Waals surface area contributed by atoms with Crippen molar-refractivity contribution in [3.8, 4) is 16.9 Å². The minimum Gasteiger partial charge on any atom is -0.485 e. The zero-order chi connectivity index (χ0) is 19.1. The van der Waals surface area contributed by atoms with Crippen molar-refractivity contribution in [2.75, 3.05) is 16.8 Å². The van der Waals surface area contributed by atoms with E-state index in [1.807, 2.05) is 54.4 Å². The van der Waals surface area contributed by atoms with Crippen LogP contribution >= 0.6 is 0 Å². The quantitative estimate of drug-likeness (QED) is 0.735. The van der Waals surface area contributed by atoms with Gasteiger partial charge in [0.25, 0.3) is 0 Å². The Hall–Kier alpha value is -3.41. The second kappa shape index (κ2) is 6.64. The Bertz CT molecular complexity index is 1050. The molecule has 5 rings (SSSR count). The molecule has 6 heteroatoms. The number of amides is 1. The van der Waals surface area contributed by atoms with Gasteiger partial charge in [-0.15, -0.1) is 0 Å². The highest BCUT2D eigenvalue weighted by atomic mass is 16.5. The summed E-state index contributed by atoms with van der Waals surface area (Å²) in [4.78, 5) is 22.6. The van der Waals surface area contributed by atoms with Crippen LogP contribution in [0.4, 0.5) is 17.2 Å². The molecule has 2 aromatic heterocycles. The Balaban J connectivity index is 1.49. The van der Waals surface area contributed by atoms with Crippen molar-refractivity contribution < 1.29 is 9.53 Å². The van der Waals surface area contributed by atoms with Gasteiger partial charge in [0, 0.05) is 53.8 Å². The van der Waals surface area contributed by atoms with Crippen molar-refractivity contribution in [3.05, 3.63) is 60.6 Å². The van der Waals surface area contributed by atoms with Crippen LogP contribution in [-0.4, -0.2) is 22.4 Å². The Kier molecular flexibility index (Phi) is 3.97. The maximum Gasteiger partial charge on any atom is 0.227 e. The van der Waals surface area contributed by atoms with Gasteiger partial charge in [0.1, 0.15) is 17.7 Å². The van der Waals surface area contributed by atoms with Gasteiger partial charge in [-0.25, -0.2) is 4.98 Å². The number of benzene rings is 1. The molecule has 1 amide bonds. The van der Waals surface area contributed by atoms with E-state index in [0.717, 1.165) is 52.6 Å². The van der Waals surface area contributed by atoms with Crippen LogP contribution in [0.5, 0.6) is 5.75 Å². The third-order valence-electron chi connectivity index (χ3n) is 5.25. The molecule has 1 N–H and O–H groups in total. The third kappa shape index (κ3) is 2.87. The van der Waals surface area contributed by atoms with Crippen molar-refractivity contribution in [3.63, 3.8) is 0 Å². The Morgan fingerprint density at radius 3 is 2.89 bits per heavy atom. The number of nitrogens with one attached hydrogen (secondary N) is 1. The predicted molar refractivity (Wildman–Crippen MR) is 108 cm³/mol. The van der Waals surface area contributed by atoms with Gasteiger partial charge >= 0.3 is 0 Å². The Labute approximate surface area is 163 Å². The van der Waals surface area contributed by atoms with Crippen LogP contribution in [0.15, 0.2) is 55.0 Å². The summed E-state index contributed by atoms with van der Waals surface area (Å²) in [6.45, 7) is 2.80. The zero-order valence-electron chi connectivity index (χ0n) is 15.6. The van der Waals surface area contributed by atoms with Gasteiger partial charge in [-0.1, -0.05) is 0 Å². The number of hydrogen-bond donors (Lipinski definition) is 1. The second-order valence-electron chi connectivity index (χ2n) is 7.11. The van der Waals surface area contributed by atoms with E-state index in [9.17, 15) is 4.79 Å². The molecule has 0 saturated carbocycles. The minimum absolute atomic E-state index is 0.107. The monoisotopic (exact) mass is 372 g/mol. The molecule has 28 heavy (non-hydrogen) atoms. The van der Waals surface area contributed by atoms with E-state index in [2.05, 4.69) is 15.3 Å². The molecule has 1 unspecified atom stereocenters. The van der Waals surface area contributed by atoms with E-state index in [-0.39, 0.29) is 12.0 Å². The Morgan fingerprint density at radius 2 is 2.11 bits per heavy atom. The fourth-order valence-corrected chi connectivity index (χ4v) is 3.86. The van der Waals surface area contributed by atoms with Crippen LogP contribution in [0.3, 0.4) is 0 Å². The third-order valence-corrected chi connectivity index (χ3v) is 5.25. The number of anilines is 3. The molecule has 1 aromatic carbocycles. The summed E-state index contributed by atoms with van der Waals surface area (Å²) in [7, 11) is 0. The van der Waals surface area contributed by atoms with Crippen LogP contribution in [-0.2, 0) is 4.79 Å². The molecule has 1 fully saturated rings. The first kappa shape index (κ1) is 16.7. The number of pyridine rings is 2. The van der Waals surface area contributed by atoms with Crippen molar-refractivity contribution in [1.82, 2.24) is 9.97 Å². The first-order chi connectivity index (χ1) is 13.7. The molecule has 1 saturated heterocycles. The van der Waals surface area contributed by atoms with Crippen molar-refractivity contribution in [2.24, 2.45) is 0 Å². The molecular formula is C22H20N4O2. The molecule has 6 nitrogen and oxygen atoms in total. The number of aromatic nitrogens is 2. The fourth-order valence-electron chi connectivity index (χ4n) is 3.86. The van der Waals surface area contributed by atoms with Crippen molar-refractivity contribution in [2.45, 2.75) is 25.9 Å². The molecule has 2 aliphatic heterocycles. The number of nitrogens with zero attached hydrogens (tertiary/aromatic N) is 3. The SMILES string of the molecule is CC1Oc2cc(N3CCCC3=O)ccc2-c2cnc(Nc3cccnc3)cc21. The number of ether oxygens (including phenoxy) is 1. The van der Waals surface area contributed by atoms with Crippen LogP contribution in [0.2, 0.25) is 0 Å². The van der Waals surface area contributed by atoms with Gasteiger partial charge in [0.05, 0.1) is 11.9 Å². The van der Waals surface area contributed by atoms with E-state index in [0.29, 0.717) is 6.42 Å². The molecular weight excluding hydrogens is 352 g/mol. The number of fused-ring (bicyclic) bond motifs is 3. The molecule has 0 bridgehead atoms. The molecule has 2 aliphatic rings. The van der Waals surface area contributed by atoms with E-state index < -0.39 is 0 Å². The summed E-state index contributed by atoms with van der Waals surface area (Å²) in [5.74, 6) is 1.73. The van der Waals surface area contributed by atoms with Gasteiger partial charge in [0.15, 0.2) is 0 Å². The van der Waals surface area contributed by atoms with E-state index in [1.165, 1.54) is 0 Å². The van der Waals surface area contributed by atoms with Crippen LogP contribution in [0, 0.1) is 0 Å². The van der Waals surface area contributed by atoms with Gasteiger partial charge in [0.2, 0.25) is 5.91 Å². The summed E-state index contributed by atoms with van der Waals surface area (Å²) < 4.78 is 6.19. The lowest BCUT2D eigenvalue weighted by atomic mass is 9.94. The zero-order valence-corrected chi connectivity index (χ0v) is 15.6. The number of rotatable bonds is 3. The van der Waals surface area contributed by atoms with Gasteiger partial charge < -0.3 is 15.0 Å². The maximum atomic E-state index is 12.1. The molecule has 0 aliphatic carbocycles. The van der Waals surface area contributed by atoms with Crippen molar-refractivity contribution >= 4 is 23.1 Å². The standard InChI is InChI=1S/C22H20N4O2/c1-14-18-11-21(25-15-4-2-8-23-12-15)24-13-19(18)17-7-6-16(10-20(17)28-14)26-9-3-5-22(26)27/h2,4,6-8,10-14H,3,5,9H2,1H3,(H,24,25). The van der Waals surface area contributed by atoms with Gasteiger partial charge in [-0.3, -0.25) is 9.78 Å². The molecule has 4 heterocycles. The first-order valence-electron chi connectivity index (χ1n) is 9.47. The largest absolute Gasteiger partial charge is 0.485 e. The summed E-state index contributed by atoms with van der Waals surface area (Å²) in [6.07, 6.45) is 6.80. The fraction of sp³-hybridized carbons (Fsp3) is 0.227. The van der Waals surface area contributed by atoms with Crippen LogP contribution in [0.25, 0.3) is 11.1 Å². The highest BCUT2D eigenvalue weighted by Gasteiger charge is 2.27. The maximum absolute atomic E-state index is 12.1. The highest BCUT2D eigenvalue weighted by molar-refractivity contribution is 5.96. The number of carbonyl (C=O) groups is 1. The van der Waals surface area contributed by atoms with E-state index in [1.54, 1.807) is 12.4 Å². The number of carbonyl (C=O) groups excluding carboxylic acids is 1. The average Bonchev–Trinajstić information content (AvgIpc) is 3.14. The summed E-state index contributed by atoms with van der Waals surface area (Å²) in [5, 5.41) is 3.28. The summed E-state index contributed by atoms with van der Waals surface area (Å²) in [5.41, 5.74) is 4.94. The lowest BCUT2D eigenvalue weighted by molar-refractivity contribution is -0.117. The summed E-state index contributed by atoms with van der Waals surface area (Å²) >= 11 is 0. The number of hydrogen-bond acceptors (Lipinski definition) is 5. The summed E-state index contributed by atoms with van der Waals surface area (Å²) in [6, 6.07) is 11.8. The first-order valence-corrected chi connectivity index (χ1v) is 9.47. The topological polar surface area (TPSA) is 67.3 Å². The van der Waals surface area contributed by atoms with Crippen LogP contribution in [0.1, 0.15) is 31.4 Å². The molecule has 140 valence electrons. The van der Waals surface area contributed by atoms with Gasteiger partial charge in [-0.05, 0) is 43.7 Å². The highest BCUT2D eigenvalue weighted by Crippen LogP contribution is 2.44. The molecule has 3 aromatic rings. The lowest BCUT2D eigenvalue weighted by Crippen LogP contribution is -2.24. The molecule has 1 atom stereocenters. The second-order valence-corrected chi connectivity index (χ2v) is 7.11.